The van der Waals surface area contributed by atoms with Crippen molar-refractivity contribution in [3.8, 4) is 17.2 Å². The number of para-hydroxylation sites is 1. The SMILES string of the molecule is CCOc1ccc([C@@H]2Oc3c(OC)cccc3[C@@H]3CC(c4ccc(F)cc4)=NN32)cc1. The fourth-order valence-electron chi connectivity index (χ4n) is 4.18. The minimum Gasteiger partial charge on any atom is -0.494 e. The van der Waals surface area contributed by atoms with Crippen molar-refractivity contribution in [2.24, 2.45) is 5.10 Å². The Bertz CT molecular complexity index is 1110. The average Bonchev–Trinajstić information content (AvgIpc) is 3.25. The highest BCUT2D eigenvalue weighted by molar-refractivity contribution is 6.02. The van der Waals surface area contributed by atoms with E-state index in [9.17, 15) is 4.39 Å². The summed E-state index contributed by atoms with van der Waals surface area (Å²) in [4.78, 5) is 0. The minimum atomic E-state index is -0.414. The fourth-order valence-corrected chi connectivity index (χ4v) is 4.18. The molecule has 2 aliphatic heterocycles. The molecule has 2 aliphatic rings. The molecule has 0 spiro atoms. The largest absolute Gasteiger partial charge is 0.494 e. The number of ether oxygens (including phenoxy) is 3. The summed E-state index contributed by atoms with van der Waals surface area (Å²) in [7, 11) is 1.65. The van der Waals surface area contributed by atoms with Crippen LogP contribution < -0.4 is 14.2 Å². The van der Waals surface area contributed by atoms with Crippen LogP contribution in [0.25, 0.3) is 0 Å². The van der Waals surface area contributed by atoms with Crippen molar-refractivity contribution >= 4 is 5.71 Å². The molecule has 0 aliphatic carbocycles. The first-order valence-corrected chi connectivity index (χ1v) is 10.4. The quantitative estimate of drug-likeness (QED) is 0.551. The van der Waals surface area contributed by atoms with Crippen LogP contribution in [0.5, 0.6) is 17.2 Å². The Morgan fingerprint density at radius 3 is 2.55 bits per heavy atom. The summed E-state index contributed by atoms with van der Waals surface area (Å²) in [5.41, 5.74) is 3.81. The van der Waals surface area contributed by atoms with Gasteiger partial charge >= 0.3 is 0 Å². The lowest BCUT2D eigenvalue weighted by Crippen LogP contribution is -2.33. The first-order valence-electron chi connectivity index (χ1n) is 10.4. The third-order valence-corrected chi connectivity index (χ3v) is 5.65. The van der Waals surface area contributed by atoms with Crippen LogP contribution in [-0.2, 0) is 0 Å². The summed E-state index contributed by atoms with van der Waals surface area (Å²) >= 11 is 0. The van der Waals surface area contributed by atoms with E-state index in [1.165, 1.54) is 12.1 Å². The highest BCUT2D eigenvalue weighted by atomic mass is 19.1. The van der Waals surface area contributed by atoms with Crippen molar-refractivity contribution in [2.75, 3.05) is 13.7 Å². The van der Waals surface area contributed by atoms with E-state index in [-0.39, 0.29) is 11.9 Å². The molecule has 0 aromatic heterocycles. The molecule has 0 radical (unpaired) electrons. The van der Waals surface area contributed by atoms with Gasteiger partial charge in [0.05, 0.1) is 25.5 Å². The van der Waals surface area contributed by atoms with Gasteiger partial charge in [0, 0.05) is 17.5 Å². The molecule has 5 rings (SSSR count). The van der Waals surface area contributed by atoms with Crippen molar-refractivity contribution in [3.63, 3.8) is 0 Å². The molecule has 0 saturated heterocycles. The van der Waals surface area contributed by atoms with Gasteiger partial charge in [0.1, 0.15) is 11.6 Å². The van der Waals surface area contributed by atoms with Crippen molar-refractivity contribution in [1.82, 2.24) is 5.01 Å². The molecule has 0 saturated carbocycles. The standard InChI is InChI=1S/C25H23FN2O3/c1-3-30-19-13-9-17(10-14-19)25-28-22(20-5-4-6-23(29-2)24(20)31-25)15-21(27-28)16-7-11-18(26)12-8-16/h4-14,22,25H,3,15H2,1-2H3/t22-,25-/m0/s1. The molecule has 0 N–H and O–H groups in total. The van der Waals surface area contributed by atoms with E-state index in [1.54, 1.807) is 19.2 Å². The normalized spacial score (nSPS) is 19.2. The lowest BCUT2D eigenvalue weighted by Gasteiger charge is -2.38. The van der Waals surface area contributed by atoms with E-state index >= 15 is 0 Å². The molecule has 6 heteroatoms. The van der Waals surface area contributed by atoms with Gasteiger partial charge < -0.3 is 14.2 Å². The molecule has 5 nitrogen and oxygen atoms in total. The molecule has 3 aromatic rings. The van der Waals surface area contributed by atoms with Gasteiger partial charge in [-0.15, -0.1) is 0 Å². The molecule has 2 atom stereocenters. The van der Waals surface area contributed by atoms with E-state index in [0.29, 0.717) is 18.8 Å². The Kier molecular flexibility index (Phi) is 4.98. The van der Waals surface area contributed by atoms with Gasteiger partial charge in [0.2, 0.25) is 6.23 Å². The Morgan fingerprint density at radius 2 is 1.84 bits per heavy atom. The Morgan fingerprint density at radius 1 is 1.06 bits per heavy atom. The van der Waals surface area contributed by atoms with Crippen LogP contribution in [0.1, 0.15) is 42.3 Å². The number of rotatable bonds is 5. The number of nitrogens with zero attached hydrogens (tertiary/aromatic N) is 2. The highest BCUT2D eigenvalue weighted by Gasteiger charge is 2.42. The summed E-state index contributed by atoms with van der Waals surface area (Å²) in [6.07, 6.45) is 0.283. The van der Waals surface area contributed by atoms with E-state index in [1.807, 2.05) is 54.4 Å². The molecular weight excluding hydrogens is 395 g/mol. The van der Waals surface area contributed by atoms with Crippen LogP contribution in [0.2, 0.25) is 0 Å². The van der Waals surface area contributed by atoms with E-state index in [2.05, 4.69) is 0 Å². The average molecular weight is 418 g/mol. The Hall–Kier alpha value is -3.54. The maximum Gasteiger partial charge on any atom is 0.214 e. The smallest absolute Gasteiger partial charge is 0.214 e. The van der Waals surface area contributed by atoms with Gasteiger partial charge in [-0.2, -0.15) is 5.10 Å². The predicted molar refractivity (Wildman–Crippen MR) is 116 cm³/mol. The van der Waals surface area contributed by atoms with Gasteiger partial charge in [0.25, 0.3) is 0 Å². The number of fused-ring (bicyclic) bond motifs is 3. The summed E-state index contributed by atoms with van der Waals surface area (Å²) in [6, 6.07) is 20.3. The number of benzene rings is 3. The van der Waals surface area contributed by atoms with Gasteiger partial charge in [-0.25, -0.2) is 9.40 Å². The molecule has 158 valence electrons. The molecule has 2 heterocycles. The fraction of sp³-hybridized carbons (Fsp3) is 0.240. The predicted octanol–water partition coefficient (Wildman–Crippen LogP) is 5.48. The number of hydrogen-bond donors (Lipinski definition) is 0. The van der Waals surface area contributed by atoms with Crippen LogP contribution in [-0.4, -0.2) is 24.4 Å². The van der Waals surface area contributed by atoms with Crippen molar-refractivity contribution in [1.29, 1.82) is 0 Å². The van der Waals surface area contributed by atoms with E-state index in [4.69, 9.17) is 19.3 Å². The van der Waals surface area contributed by atoms with Crippen LogP contribution in [0.4, 0.5) is 4.39 Å². The zero-order chi connectivity index (χ0) is 21.4. The summed E-state index contributed by atoms with van der Waals surface area (Å²) in [6.45, 7) is 2.57. The van der Waals surface area contributed by atoms with Gasteiger partial charge in [0.15, 0.2) is 11.5 Å². The second kappa shape index (κ2) is 7.95. The molecule has 0 unspecified atom stereocenters. The second-order valence-electron chi connectivity index (χ2n) is 7.50. The number of hydrogen-bond acceptors (Lipinski definition) is 5. The van der Waals surface area contributed by atoms with Gasteiger partial charge in [-0.1, -0.05) is 24.3 Å². The number of halogens is 1. The third-order valence-electron chi connectivity index (χ3n) is 5.65. The molecule has 0 amide bonds. The molecule has 0 bridgehead atoms. The molecule has 31 heavy (non-hydrogen) atoms. The second-order valence-corrected chi connectivity index (χ2v) is 7.50. The summed E-state index contributed by atoms with van der Waals surface area (Å²) in [5, 5.41) is 6.91. The van der Waals surface area contributed by atoms with E-state index < -0.39 is 6.23 Å². The third kappa shape index (κ3) is 3.48. The first-order chi connectivity index (χ1) is 15.2. The topological polar surface area (TPSA) is 43.3 Å². The van der Waals surface area contributed by atoms with Crippen molar-refractivity contribution < 1.29 is 18.6 Å². The Labute approximate surface area is 180 Å². The molecular formula is C25H23FN2O3. The number of hydrazone groups is 1. The maximum absolute atomic E-state index is 13.4. The van der Waals surface area contributed by atoms with Crippen LogP contribution in [0.3, 0.4) is 0 Å². The van der Waals surface area contributed by atoms with Crippen molar-refractivity contribution in [2.45, 2.75) is 25.6 Å². The molecule has 0 fully saturated rings. The summed E-state index contributed by atoms with van der Waals surface area (Å²) in [5.74, 6) is 1.99. The number of methoxy groups -OCH3 is 1. The monoisotopic (exact) mass is 418 g/mol. The van der Waals surface area contributed by atoms with Crippen molar-refractivity contribution in [3.05, 3.63) is 89.2 Å². The van der Waals surface area contributed by atoms with Gasteiger partial charge in [-0.05, 0) is 55.0 Å². The lowest BCUT2D eigenvalue weighted by molar-refractivity contribution is -0.0209. The first kappa shape index (κ1) is 19.4. The van der Waals surface area contributed by atoms with Gasteiger partial charge in [-0.3, -0.25) is 0 Å². The highest BCUT2D eigenvalue weighted by Crippen LogP contribution is 2.50. The minimum absolute atomic E-state index is 0.00419. The lowest BCUT2D eigenvalue weighted by atomic mass is 9.95. The Balaban J connectivity index is 1.57. The van der Waals surface area contributed by atoms with E-state index in [0.717, 1.165) is 33.9 Å². The van der Waals surface area contributed by atoms with Crippen LogP contribution in [0, 0.1) is 5.82 Å². The zero-order valence-corrected chi connectivity index (χ0v) is 17.4. The zero-order valence-electron chi connectivity index (χ0n) is 17.4. The maximum atomic E-state index is 13.4. The van der Waals surface area contributed by atoms with Crippen LogP contribution in [0.15, 0.2) is 71.8 Å². The van der Waals surface area contributed by atoms with Crippen LogP contribution >= 0.6 is 0 Å². The summed E-state index contributed by atoms with van der Waals surface area (Å²) < 4.78 is 31.0. The molecule has 3 aromatic carbocycles.